The largest absolute Gasteiger partial charge is 0.647 e. The van der Waals surface area contributed by atoms with Gasteiger partial charge in [0.05, 0.1) is 8.95 Å². The second-order valence-corrected chi connectivity index (χ2v) is 10.2. The van der Waals surface area contributed by atoms with Crippen molar-refractivity contribution in [2.45, 2.75) is 0 Å². The number of phosphoric acid groups is 1. The molecule has 0 N–H and O–H groups in total. The number of halogens is 4. The fraction of sp³-hybridized carbons (Fsp3) is 0. The number of rotatable bonds is 6. The van der Waals surface area contributed by atoms with Gasteiger partial charge in [-0.1, -0.05) is 50.1 Å². The van der Waals surface area contributed by atoms with Gasteiger partial charge in [-0.15, -0.1) is 0 Å². The van der Waals surface area contributed by atoms with Crippen molar-refractivity contribution >= 4 is 71.5 Å². The molecular weight excluding hydrogens is 631 g/mol. The van der Waals surface area contributed by atoms with E-state index in [0.717, 1.165) is 8.95 Å². The number of hydrogen-bond donors (Lipinski definition) is 0. The Morgan fingerprint density at radius 3 is 1.56 bits per heavy atom. The van der Waals surface area contributed by atoms with Gasteiger partial charge in [0.25, 0.3) is 0 Å². The van der Waals surface area contributed by atoms with Crippen molar-refractivity contribution in [3.05, 3.63) is 84.6 Å². The van der Waals surface area contributed by atoms with Crippen LogP contribution in [0.3, 0.4) is 0 Å². The molecule has 0 saturated heterocycles. The van der Waals surface area contributed by atoms with E-state index < -0.39 is 7.82 Å². The zero-order chi connectivity index (χ0) is 19.4. The molecule has 0 spiro atoms. The lowest BCUT2D eigenvalue weighted by molar-refractivity contribution is 0.297. The maximum absolute atomic E-state index is 13.5. The molecule has 9 heteroatoms. The molecule has 0 unspecified atom stereocenters. The third-order valence-electron chi connectivity index (χ3n) is 3.17. The van der Waals surface area contributed by atoms with Gasteiger partial charge in [0.1, 0.15) is 17.2 Å². The average Bonchev–Trinajstić information content (AvgIpc) is 2.61. The highest BCUT2D eigenvalue weighted by molar-refractivity contribution is 9.11. The van der Waals surface area contributed by atoms with Crippen molar-refractivity contribution in [3.8, 4) is 17.2 Å². The summed E-state index contributed by atoms with van der Waals surface area (Å²) in [6.07, 6.45) is 0. The van der Waals surface area contributed by atoms with Crippen molar-refractivity contribution in [2.24, 2.45) is 0 Å². The molecular formula is C18H11Br4O4P. The first kappa shape index (κ1) is 20.9. The van der Waals surface area contributed by atoms with Crippen LogP contribution in [0.4, 0.5) is 0 Å². The predicted molar refractivity (Wildman–Crippen MR) is 120 cm³/mol. The standard InChI is InChI=1S/C18H11Br4O4P/c19-12-6-8-17(15(21)10-12)25-27(23,24-14-4-2-1-3-5-14)26-18-9-7-13(20)11-16(18)22/h1-11H. The number of benzene rings is 3. The molecule has 0 fully saturated rings. The highest BCUT2D eigenvalue weighted by Crippen LogP contribution is 2.52. The van der Waals surface area contributed by atoms with E-state index in [2.05, 4.69) is 63.7 Å². The fourth-order valence-corrected chi connectivity index (χ4v) is 5.80. The molecule has 0 aromatic heterocycles. The normalized spacial score (nSPS) is 11.1. The molecule has 0 amide bonds. The maximum atomic E-state index is 13.5. The van der Waals surface area contributed by atoms with Crippen LogP contribution in [0.5, 0.6) is 17.2 Å². The summed E-state index contributed by atoms with van der Waals surface area (Å²) in [4.78, 5) is 0. The van der Waals surface area contributed by atoms with Gasteiger partial charge in [-0.2, -0.15) is 4.57 Å². The summed E-state index contributed by atoms with van der Waals surface area (Å²) < 4.78 is 33.4. The van der Waals surface area contributed by atoms with Crippen LogP contribution in [0.2, 0.25) is 0 Å². The Kier molecular flexibility index (Phi) is 7.08. The summed E-state index contributed by atoms with van der Waals surface area (Å²) in [5.41, 5.74) is 0. The average molecular weight is 642 g/mol. The number of hydrogen-bond acceptors (Lipinski definition) is 4. The quantitative estimate of drug-likeness (QED) is 0.254. The minimum atomic E-state index is -4.06. The van der Waals surface area contributed by atoms with Gasteiger partial charge < -0.3 is 13.6 Å². The van der Waals surface area contributed by atoms with Crippen LogP contribution in [0.1, 0.15) is 0 Å². The van der Waals surface area contributed by atoms with E-state index in [4.69, 9.17) is 13.6 Å². The second kappa shape index (κ2) is 9.14. The van der Waals surface area contributed by atoms with Gasteiger partial charge in [-0.3, -0.25) is 0 Å². The number of para-hydroxylation sites is 1. The van der Waals surface area contributed by atoms with Crippen LogP contribution in [0.25, 0.3) is 0 Å². The van der Waals surface area contributed by atoms with Gasteiger partial charge in [0.15, 0.2) is 0 Å². The predicted octanol–water partition coefficient (Wildman–Crippen LogP) is 8.38. The molecule has 0 bridgehead atoms. The molecule has 27 heavy (non-hydrogen) atoms. The molecule has 3 aromatic rings. The minimum absolute atomic E-state index is 0.325. The Bertz CT molecular complexity index is 940. The first-order chi connectivity index (χ1) is 12.8. The lowest BCUT2D eigenvalue weighted by atomic mass is 10.3. The van der Waals surface area contributed by atoms with Crippen LogP contribution in [0, 0.1) is 0 Å². The Balaban J connectivity index is 1.96. The van der Waals surface area contributed by atoms with Crippen molar-refractivity contribution in [1.82, 2.24) is 0 Å². The van der Waals surface area contributed by atoms with E-state index in [-0.39, 0.29) is 0 Å². The third-order valence-corrected chi connectivity index (χ3v) is 6.67. The molecule has 3 aromatic carbocycles. The van der Waals surface area contributed by atoms with E-state index in [0.29, 0.717) is 26.2 Å². The summed E-state index contributed by atoms with van der Waals surface area (Å²) in [5, 5.41) is 0. The molecule has 140 valence electrons. The van der Waals surface area contributed by atoms with E-state index in [1.807, 2.05) is 6.07 Å². The van der Waals surface area contributed by atoms with Gasteiger partial charge in [-0.25, -0.2) is 0 Å². The SMILES string of the molecule is O=P(Oc1ccccc1)(Oc1ccc(Br)cc1Br)Oc1ccc(Br)cc1Br. The summed E-state index contributed by atoms with van der Waals surface area (Å²) in [6, 6.07) is 19.1. The van der Waals surface area contributed by atoms with Crippen LogP contribution in [-0.4, -0.2) is 0 Å². The zero-order valence-corrected chi connectivity index (χ0v) is 20.7. The molecule has 0 aliphatic heterocycles. The van der Waals surface area contributed by atoms with Crippen LogP contribution in [0.15, 0.2) is 84.6 Å². The third kappa shape index (κ3) is 5.84. The second-order valence-electron chi connectivity index (χ2n) is 5.18. The Morgan fingerprint density at radius 1 is 0.630 bits per heavy atom. The Morgan fingerprint density at radius 2 is 1.11 bits per heavy atom. The Hall–Kier alpha value is -0.790. The maximum Gasteiger partial charge on any atom is 0.647 e. The van der Waals surface area contributed by atoms with Crippen molar-refractivity contribution < 1.29 is 18.1 Å². The van der Waals surface area contributed by atoms with E-state index in [1.165, 1.54) is 0 Å². The van der Waals surface area contributed by atoms with Crippen molar-refractivity contribution in [2.75, 3.05) is 0 Å². The molecule has 0 atom stereocenters. The summed E-state index contributed by atoms with van der Waals surface area (Å²) in [5.74, 6) is 1.01. The molecule has 4 nitrogen and oxygen atoms in total. The smallest absolute Gasteiger partial charge is 0.386 e. The molecule has 0 radical (unpaired) electrons. The summed E-state index contributed by atoms with van der Waals surface area (Å²) in [7, 11) is -4.06. The number of phosphoric ester groups is 1. The minimum Gasteiger partial charge on any atom is -0.386 e. The molecule has 3 rings (SSSR count). The topological polar surface area (TPSA) is 44.8 Å². The molecule has 0 saturated carbocycles. The first-order valence-corrected chi connectivity index (χ1v) is 12.1. The van der Waals surface area contributed by atoms with Gasteiger partial charge in [0, 0.05) is 8.95 Å². The lowest BCUT2D eigenvalue weighted by Crippen LogP contribution is -2.08. The van der Waals surface area contributed by atoms with Crippen molar-refractivity contribution in [3.63, 3.8) is 0 Å². The van der Waals surface area contributed by atoms with Crippen LogP contribution in [-0.2, 0) is 4.57 Å². The van der Waals surface area contributed by atoms with E-state index in [1.54, 1.807) is 60.7 Å². The molecule has 0 heterocycles. The van der Waals surface area contributed by atoms with Crippen LogP contribution < -0.4 is 13.6 Å². The lowest BCUT2D eigenvalue weighted by Gasteiger charge is -2.20. The van der Waals surface area contributed by atoms with E-state index >= 15 is 0 Å². The molecule has 0 aliphatic rings. The van der Waals surface area contributed by atoms with E-state index in [9.17, 15) is 4.57 Å². The van der Waals surface area contributed by atoms with Crippen molar-refractivity contribution in [1.29, 1.82) is 0 Å². The monoisotopic (exact) mass is 638 g/mol. The highest BCUT2D eigenvalue weighted by Gasteiger charge is 2.34. The zero-order valence-electron chi connectivity index (χ0n) is 13.4. The highest BCUT2D eigenvalue weighted by atomic mass is 79.9. The van der Waals surface area contributed by atoms with Gasteiger partial charge in [0.2, 0.25) is 0 Å². The Labute approximate surface area is 190 Å². The summed E-state index contributed by atoms with van der Waals surface area (Å²) >= 11 is 13.5. The first-order valence-electron chi connectivity index (χ1n) is 7.49. The van der Waals surface area contributed by atoms with Gasteiger partial charge >= 0.3 is 7.82 Å². The molecule has 0 aliphatic carbocycles. The summed E-state index contributed by atoms with van der Waals surface area (Å²) in [6.45, 7) is 0. The fourth-order valence-electron chi connectivity index (χ4n) is 2.01. The van der Waals surface area contributed by atoms with Crippen LogP contribution >= 0.6 is 71.5 Å². The van der Waals surface area contributed by atoms with Gasteiger partial charge in [-0.05, 0) is 80.4 Å².